The van der Waals surface area contributed by atoms with Crippen LogP contribution in [0.1, 0.15) is 24.9 Å². The van der Waals surface area contributed by atoms with Gasteiger partial charge in [0, 0.05) is 48.0 Å². The molecule has 2 aliphatic heterocycles. The van der Waals surface area contributed by atoms with Crippen molar-refractivity contribution in [1.29, 1.82) is 0 Å². The molecule has 2 saturated heterocycles. The van der Waals surface area contributed by atoms with E-state index in [0.29, 0.717) is 10.0 Å². The molecule has 0 radical (unpaired) electrons. The molecule has 2 atom stereocenters. The van der Waals surface area contributed by atoms with Gasteiger partial charge in [-0.2, -0.15) is 11.8 Å². The van der Waals surface area contributed by atoms with Crippen LogP contribution >= 0.6 is 35.0 Å². The van der Waals surface area contributed by atoms with Crippen LogP contribution in [0.2, 0.25) is 10.0 Å². The van der Waals surface area contributed by atoms with Gasteiger partial charge in [-0.05, 0) is 36.8 Å². The highest BCUT2D eigenvalue weighted by molar-refractivity contribution is 7.99. The van der Waals surface area contributed by atoms with E-state index in [4.69, 9.17) is 27.9 Å². The summed E-state index contributed by atoms with van der Waals surface area (Å²) in [7, 11) is 1.80. The van der Waals surface area contributed by atoms with Crippen molar-refractivity contribution in [3.63, 3.8) is 0 Å². The Hall–Kier alpha value is -0.660. The summed E-state index contributed by atoms with van der Waals surface area (Å²) in [5.41, 5.74) is 1.18. The number of guanidine groups is 1. The maximum atomic E-state index is 6.35. The van der Waals surface area contributed by atoms with Crippen molar-refractivity contribution in [3.05, 3.63) is 33.8 Å². The summed E-state index contributed by atoms with van der Waals surface area (Å²) >= 11 is 14.4. The van der Waals surface area contributed by atoms with Crippen molar-refractivity contribution in [2.24, 2.45) is 4.99 Å². The van der Waals surface area contributed by atoms with E-state index in [0.717, 1.165) is 50.1 Å². The zero-order chi connectivity index (χ0) is 19.3. The molecule has 8 heteroatoms. The number of aliphatic imine (C=N–C) groups is 1. The molecule has 150 valence electrons. The third-order valence-corrected chi connectivity index (χ3v) is 7.15. The van der Waals surface area contributed by atoms with Crippen LogP contribution in [0.3, 0.4) is 0 Å². The van der Waals surface area contributed by atoms with Crippen molar-refractivity contribution < 1.29 is 4.74 Å². The summed E-state index contributed by atoms with van der Waals surface area (Å²) < 4.78 is 5.55. The lowest BCUT2D eigenvalue weighted by atomic mass is 9.95. The molecule has 1 aromatic rings. The zero-order valence-electron chi connectivity index (χ0n) is 15.9. The Bertz CT molecular complexity index is 661. The first kappa shape index (κ1) is 21.1. The van der Waals surface area contributed by atoms with Crippen LogP contribution in [-0.2, 0) is 4.74 Å². The molecule has 3 rings (SSSR count). The van der Waals surface area contributed by atoms with Crippen LogP contribution in [0, 0.1) is 0 Å². The first-order chi connectivity index (χ1) is 13.0. The van der Waals surface area contributed by atoms with Crippen LogP contribution in [0.25, 0.3) is 0 Å². The zero-order valence-corrected chi connectivity index (χ0v) is 18.3. The Morgan fingerprint density at radius 3 is 2.78 bits per heavy atom. The van der Waals surface area contributed by atoms with Gasteiger partial charge in [-0.1, -0.05) is 29.3 Å². The largest absolute Gasteiger partial charge is 0.379 e. The predicted molar refractivity (Wildman–Crippen MR) is 116 cm³/mol. The third kappa shape index (κ3) is 5.24. The molecule has 27 heavy (non-hydrogen) atoms. The van der Waals surface area contributed by atoms with Crippen LogP contribution in [0.15, 0.2) is 23.2 Å². The van der Waals surface area contributed by atoms with Crippen molar-refractivity contribution in [2.75, 3.05) is 51.4 Å². The summed E-state index contributed by atoms with van der Waals surface area (Å²) in [6.45, 7) is 6.61. The fourth-order valence-corrected chi connectivity index (χ4v) is 5.76. The summed E-state index contributed by atoms with van der Waals surface area (Å²) in [6.07, 6.45) is 1.19. The summed E-state index contributed by atoms with van der Waals surface area (Å²) in [5, 5.41) is 8.31. The lowest BCUT2D eigenvalue weighted by Crippen LogP contribution is -2.60. The number of ether oxygens (including phenoxy) is 1. The molecule has 1 aromatic carbocycles. The standard InChI is InChI=1S/C19H28Cl2N4OS/c1-14(16-4-3-15(20)11-17(16)21)24-18(22-2)23-12-19(5-10-27-13-19)25-6-8-26-9-7-25/h3-4,11,14H,5-10,12-13H2,1-2H3,(H2,22,23,24). The van der Waals surface area contributed by atoms with Crippen LogP contribution < -0.4 is 10.6 Å². The lowest BCUT2D eigenvalue weighted by molar-refractivity contribution is -0.0120. The first-order valence-corrected chi connectivity index (χ1v) is 11.3. The van der Waals surface area contributed by atoms with Gasteiger partial charge in [0.15, 0.2) is 5.96 Å². The SMILES string of the molecule is CN=C(NCC1(N2CCOCC2)CCSC1)NC(C)c1ccc(Cl)cc1Cl. The van der Waals surface area contributed by atoms with Crippen molar-refractivity contribution >= 4 is 40.9 Å². The molecule has 2 N–H and O–H groups in total. The number of morpholine rings is 1. The van der Waals surface area contributed by atoms with Gasteiger partial charge in [-0.3, -0.25) is 9.89 Å². The molecule has 0 spiro atoms. The normalized spacial score (nSPS) is 25.4. The predicted octanol–water partition coefficient (Wildman–Crippen LogP) is 3.43. The number of benzene rings is 1. The fraction of sp³-hybridized carbons (Fsp3) is 0.632. The molecule has 0 bridgehead atoms. The van der Waals surface area contributed by atoms with Crippen molar-refractivity contribution in [3.8, 4) is 0 Å². The number of thioether (sulfide) groups is 1. The van der Waals surface area contributed by atoms with E-state index in [1.807, 2.05) is 23.9 Å². The molecule has 2 aliphatic rings. The molecular weight excluding hydrogens is 403 g/mol. The van der Waals surface area contributed by atoms with Crippen LogP contribution in [-0.4, -0.2) is 67.8 Å². The van der Waals surface area contributed by atoms with E-state index in [-0.39, 0.29) is 11.6 Å². The average Bonchev–Trinajstić information content (AvgIpc) is 3.16. The monoisotopic (exact) mass is 430 g/mol. The minimum Gasteiger partial charge on any atom is -0.379 e. The summed E-state index contributed by atoms with van der Waals surface area (Å²) in [5.74, 6) is 3.15. The van der Waals surface area contributed by atoms with Gasteiger partial charge in [0.25, 0.3) is 0 Å². The smallest absolute Gasteiger partial charge is 0.191 e. The van der Waals surface area contributed by atoms with Crippen molar-refractivity contribution in [1.82, 2.24) is 15.5 Å². The fourth-order valence-electron chi connectivity index (χ4n) is 3.71. The Kier molecular flexibility index (Phi) is 7.57. The third-order valence-electron chi connectivity index (χ3n) is 5.36. The van der Waals surface area contributed by atoms with Gasteiger partial charge in [-0.15, -0.1) is 0 Å². The number of nitrogens with zero attached hydrogens (tertiary/aromatic N) is 2. The Balaban J connectivity index is 1.62. The summed E-state index contributed by atoms with van der Waals surface area (Å²) in [6, 6.07) is 5.62. The van der Waals surface area contributed by atoms with E-state index < -0.39 is 0 Å². The van der Waals surface area contributed by atoms with Gasteiger partial charge >= 0.3 is 0 Å². The van der Waals surface area contributed by atoms with E-state index in [1.165, 1.54) is 12.2 Å². The number of halogens is 2. The molecule has 0 amide bonds. The number of hydrogen-bond acceptors (Lipinski definition) is 4. The van der Waals surface area contributed by atoms with E-state index in [1.54, 1.807) is 13.1 Å². The Morgan fingerprint density at radius 1 is 1.37 bits per heavy atom. The minimum absolute atomic E-state index is 0.0262. The molecular formula is C19H28Cl2N4OS. The second-order valence-corrected chi connectivity index (χ2v) is 9.03. The quantitative estimate of drug-likeness (QED) is 0.553. The highest BCUT2D eigenvalue weighted by Crippen LogP contribution is 2.33. The van der Waals surface area contributed by atoms with Gasteiger partial charge in [-0.25, -0.2) is 0 Å². The molecule has 0 aromatic heterocycles. The highest BCUT2D eigenvalue weighted by atomic mass is 35.5. The highest BCUT2D eigenvalue weighted by Gasteiger charge is 2.40. The Morgan fingerprint density at radius 2 is 2.15 bits per heavy atom. The molecule has 0 saturated carbocycles. The van der Waals surface area contributed by atoms with Crippen LogP contribution in [0.5, 0.6) is 0 Å². The van der Waals surface area contributed by atoms with Gasteiger partial charge in [0.2, 0.25) is 0 Å². The van der Waals surface area contributed by atoms with Gasteiger partial charge in [0.05, 0.1) is 19.3 Å². The molecule has 2 unspecified atom stereocenters. The number of nitrogens with one attached hydrogen (secondary N) is 2. The van der Waals surface area contributed by atoms with Gasteiger partial charge < -0.3 is 15.4 Å². The second-order valence-electron chi connectivity index (χ2n) is 7.08. The number of hydrogen-bond donors (Lipinski definition) is 2. The molecule has 0 aliphatic carbocycles. The van der Waals surface area contributed by atoms with Gasteiger partial charge in [0.1, 0.15) is 0 Å². The summed E-state index contributed by atoms with van der Waals surface area (Å²) in [4.78, 5) is 7.01. The number of rotatable bonds is 5. The maximum Gasteiger partial charge on any atom is 0.191 e. The molecule has 2 fully saturated rings. The van der Waals surface area contributed by atoms with Crippen molar-refractivity contribution in [2.45, 2.75) is 24.9 Å². The van der Waals surface area contributed by atoms with E-state index in [9.17, 15) is 0 Å². The second kappa shape index (κ2) is 9.70. The van der Waals surface area contributed by atoms with E-state index in [2.05, 4.69) is 27.4 Å². The average molecular weight is 431 g/mol. The minimum atomic E-state index is 0.0262. The molecule has 5 nitrogen and oxygen atoms in total. The topological polar surface area (TPSA) is 48.9 Å². The maximum absolute atomic E-state index is 6.35. The molecule has 2 heterocycles. The van der Waals surface area contributed by atoms with E-state index >= 15 is 0 Å². The van der Waals surface area contributed by atoms with Crippen LogP contribution in [0.4, 0.5) is 0 Å². The Labute approximate surface area is 176 Å². The lowest BCUT2D eigenvalue weighted by Gasteiger charge is -2.43. The first-order valence-electron chi connectivity index (χ1n) is 9.37.